The molecule has 0 radical (unpaired) electrons. The number of ketones is 1. The highest BCUT2D eigenvalue weighted by Crippen LogP contribution is 2.12. The first-order chi connectivity index (χ1) is 12.7. The van der Waals surface area contributed by atoms with E-state index in [1.807, 2.05) is 0 Å². The number of carbonyl (C=O) groups excluding carboxylic acids is 1. The third-order valence-corrected chi connectivity index (χ3v) is 4.71. The number of aliphatic hydroxyl groups excluding tert-OH is 1. The van der Waals surface area contributed by atoms with E-state index in [2.05, 4.69) is 12.2 Å². The van der Waals surface area contributed by atoms with E-state index in [0.717, 1.165) is 13.0 Å². The van der Waals surface area contributed by atoms with Crippen molar-refractivity contribution in [2.45, 2.75) is 110 Å². The van der Waals surface area contributed by atoms with Gasteiger partial charge in [0, 0.05) is 13.2 Å². The first-order valence-electron chi connectivity index (χ1n) is 11.1. The number of unbranched alkanes of at least 4 members (excludes halogenated alkanes) is 13. The van der Waals surface area contributed by atoms with Crippen molar-refractivity contribution in [1.82, 2.24) is 5.32 Å². The van der Waals surface area contributed by atoms with Gasteiger partial charge in [-0.2, -0.15) is 0 Å². The number of aliphatic hydroxyl groups is 1. The summed E-state index contributed by atoms with van der Waals surface area (Å²) >= 11 is 0. The summed E-state index contributed by atoms with van der Waals surface area (Å²) in [4.78, 5) is 10.8. The third-order valence-electron chi connectivity index (χ3n) is 4.71. The zero-order valence-corrected chi connectivity index (χ0v) is 17.6. The van der Waals surface area contributed by atoms with Gasteiger partial charge in [-0.25, -0.2) is 0 Å². The van der Waals surface area contributed by atoms with Gasteiger partial charge in [-0.05, 0) is 13.3 Å². The third kappa shape index (κ3) is 21.6. The summed E-state index contributed by atoms with van der Waals surface area (Å²) in [6.45, 7) is 5.61. The maximum Gasteiger partial charge on any atom is 0.143 e. The van der Waals surface area contributed by atoms with Crippen LogP contribution in [0.1, 0.15) is 104 Å². The van der Waals surface area contributed by atoms with Crippen LogP contribution >= 0.6 is 0 Å². The maximum atomic E-state index is 10.8. The predicted octanol–water partition coefficient (Wildman–Crippen LogP) is 5.02. The number of Topliss-reactive ketones (excluding diaryl/α,β-unsaturated/α-hetero) is 1. The molecule has 0 bridgehead atoms. The Kier molecular flexibility index (Phi) is 20.5. The molecule has 26 heavy (non-hydrogen) atoms. The molecule has 0 aliphatic rings. The average Bonchev–Trinajstić information content (AvgIpc) is 2.61. The Hall–Kier alpha value is -0.450. The first-order valence-corrected chi connectivity index (χ1v) is 11.1. The lowest BCUT2D eigenvalue weighted by atomic mass is 10.0. The molecule has 4 nitrogen and oxygen atoms in total. The fourth-order valence-electron chi connectivity index (χ4n) is 3.09. The summed E-state index contributed by atoms with van der Waals surface area (Å²) < 4.78 is 5.49. The summed E-state index contributed by atoms with van der Waals surface area (Å²) in [7, 11) is 0. The van der Waals surface area contributed by atoms with Gasteiger partial charge in [0.2, 0.25) is 0 Å². The fourth-order valence-corrected chi connectivity index (χ4v) is 3.09. The van der Waals surface area contributed by atoms with Crippen molar-refractivity contribution >= 4 is 5.78 Å². The van der Waals surface area contributed by atoms with Gasteiger partial charge in [-0.15, -0.1) is 0 Å². The van der Waals surface area contributed by atoms with E-state index in [9.17, 15) is 9.90 Å². The van der Waals surface area contributed by atoms with Crippen LogP contribution in [0.2, 0.25) is 0 Å². The number of hydrogen-bond acceptors (Lipinski definition) is 4. The maximum absolute atomic E-state index is 10.8. The largest absolute Gasteiger partial charge is 0.389 e. The Balaban J connectivity index is 3.10. The Bertz CT molecular complexity index is 297. The van der Waals surface area contributed by atoms with E-state index < -0.39 is 6.10 Å². The molecule has 0 aromatic carbocycles. The zero-order valence-electron chi connectivity index (χ0n) is 17.6. The summed E-state index contributed by atoms with van der Waals surface area (Å²) in [5, 5.41) is 12.6. The minimum Gasteiger partial charge on any atom is -0.389 e. The van der Waals surface area contributed by atoms with Gasteiger partial charge < -0.3 is 15.2 Å². The minimum absolute atomic E-state index is 0.0838. The highest BCUT2D eigenvalue weighted by atomic mass is 16.5. The van der Waals surface area contributed by atoms with Crippen molar-refractivity contribution in [3.05, 3.63) is 0 Å². The van der Waals surface area contributed by atoms with Crippen LogP contribution in [0.15, 0.2) is 0 Å². The van der Waals surface area contributed by atoms with Crippen molar-refractivity contribution < 1.29 is 14.6 Å². The number of carbonyl (C=O) groups is 1. The second kappa shape index (κ2) is 20.9. The van der Waals surface area contributed by atoms with Crippen LogP contribution in [-0.4, -0.2) is 43.3 Å². The number of rotatable bonds is 21. The molecule has 0 rings (SSSR count). The smallest absolute Gasteiger partial charge is 0.143 e. The molecule has 1 atom stereocenters. The molecule has 0 aromatic rings. The summed E-state index contributed by atoms with van der Waals surface area (Å²) in [5.41, 5.74) is 0. The van der Waals surface area contributed by atoms with Crippen molar-refractivity contribution in [3.63, 3.8) is 0 Å². The summed E-state index contributed by atoms with van der Waals surface area (Å²) in [6.07, 6.45) is 18.5. The van der Waals surface area contributed by atoms with Crippen LogP contribution in [0.5, 0.6) is 0 Å². The second-order valence-electron chi connectivity index (χ2n) is 7.66. The molecular formula is C22H45NO3. The van der Waals surface area contributed by atoms with E-state index >= 15 is 0 Å². The lowest BCUT2D eigenvalue weighted by Gasteiger charge is -2.11. The van der Waals surface area contributed by atoms with Crippen molar-refractivity contribution in [3.8, 4) is 0 Å². The molecule has 0 saturated carbocycles. The summed E-state index contributed by atoms with van der Waals surface area (Å²) in [5.74, 6) is 0.0838. The topological polar surface area (TPSA) is 58.6 Å². The quantitative estimate of drug-likeness (QED) is 0.278. The lowest BCUT2D eigenvalue weighted by Crippen LogP contribution is -2.33. The molecule has 0 saturated heterocycles. The highest BCUT2D eigenvalue weighted by Gasteiger charge is 2.04. The van der Waals surface area contributed by atoms with Gasteiger partial charge in [0.25, 0.3) is 0 Å². The number of nitrogens with one attached hydrogen (secondary N) is 1. The monoisotopic (exact) mass is 371 g/mol. The molecule has 0 spiro atoms. The van der Waals surface area contributed by atoms with Crippen LogP contribution in [0.25, 0.3) is 0 Å². The zero-order chi connectivity index (χ0) is 19.3. The Morgan fingerprint density at radius 1 is 0.846 bits per heavy atom. The van der Waals surface area contributed by atoms with Gasteiger partial charge in [-0.1, -0.05) is 90.4 Å². The molecule has 0 fully saturated rings. The molecule has 0 aromatic heterocycles. The van der Waals surface area contributed by atoms with Crippen LogP contribution in [-0.2, 0) is 9.53 Å². The normalized spacial score (nSPS) is 12.4. The Morgan fingerprint density at radius 3 is 1.77 bits per heavy atom. The second-order valence-corrected chi connectivity index (χ2v) is 7.66. The first kappa shape index (κ1) is 25.6. The minimum atomic E-state index is -0.527. The standard InChI is InChI=1S/C22H45NO3/c1-3-4-5-6-7-8-9-10-11-12-13-14-15-16-17-26-20-22(25)19-23-18-21(2)24/h22-23,25H,3-20H2,1-2H3. The number of ether oxygens (including phenoxy) is 1. The van der Waals surface area contributed by atoms with E-state index in [-0.39, 0.29) is 5.78 Å². The van der Waals surface area contributed by atoms with Crippen LogP contribution < -0.4 is 5.32 Å². The lowest BCUT2D eigenvalue weighted by molar-refractivity contribution is -0.116. The SMILES string of the molecule is CCCCCCCCCCCCCCCCOCC(O)CNCC(C)=O. The van der Waals surface area contributed by atoms with Crippen LogP contribution in [0, 0.1) is 0 Å². The van der Waals surface area contributed by atoms with Crippen LogP contribution in [0.4, 0.5) is 0 Å². The van der Waals surface area contributed by atoms with Gasteiger partial charge in [0.1, 0.15) is 5.78 Å². The average molecular weight is 372 g/mol. The van der Waals surface area contributed by atoms with Crippen LogP contribution in [0.3, 0.4) is 0 Å². The molecule has 0 aliphatic heterocycles. The van der Waals surface area contributed by atoms with E-state index in [1.54, 1.807) is 0 Å². The Morgan fingerprint density at radius 2 is 1.31 bits per heavy atom. The van der Waals surface area contributed by atoms with Gasteiger partial charge in [0.15, 0.2) is 0 Å². The van der Waals surface area contributed by atoms with E-state index in [4.69, 9.17) is 4.74 Å². The molecular weight excluding hydrogens is 326 g/mol. The van der Waals surface area contributed by atoms with Crippen molar-refractivity contribution in [2.24, 2.45) is 0 Å². The van der Waals surface area contributed by atoms with E-state index in [0.29, 0.717) is 19.7 Å². The highest BCUT2D eigenvalue weighted by molar-refractivity contribution is 5.77. The summed E-state index contributed by atoms with van der Waals surface area (Å²) in [6, 6.07) is 0. The molecule has 0 heterocycles. The molecule has 156 valence electrons. The predicted molar refractivity (Wildman–Crippen MR) is 111 cm³/mol. The van der Waals surface area contributed by atoms with Gasteiger partial charge >= 0.3 is 0 Å². The molecule has 0 aliphatic carbocycles. The Labute approximate surface area is 162 Å². The van der Waals surface area contributed by atoms with Crippen molar-refractivity contribution in [2.75, 3.05) is 26.3 Å². The van der Waals surface area contributed by atoms with Gasteiger partial charge in [0.05, 0.1) is 19.3 Å². The molecule has 4 heteroatoms. The van der Waals surface area contributed by atoms with E-state index in [1.165, 1.54) is 90.4 Å². The van der Waals surface area contributed by atoms with Gasteiger partial charge in [-0.3, -0.25) is 4.79 Å². The number of hydrogen-bond donors (Lipinski definition) is 2. The molecule has 0 amide bonds. The fraction of sp³-hybridized carbons (Fsp3) is 0.955. The molecule has 1 unspecified atom stereocenters. The van der Waals surface area contributed by atoms with Crippen molar-refractivity contribution in [1.29, 1.82) is 0 Å². The molecule has 2 N–H and O–H groups in total.